The Hall–Kier alpha value is -1.84. The van der Waals surface area contributed by atoms with Gasteiger partial charge in [-0.3, -0.25) is 4.79 Å². The molecule has 4 nitrogen and oxygen atoms in total. The van der Waals surface area contributed by atoms with E-state index in [9.17, 15) is 4.79 Å². The number of hydrogen-bond donors (Lipinski definition) is 1. The number of aromatic nitrogens is 1. The van der Waals surface area contributed by atoms with Gasteiger partial charge in [-0.1, -0.05) is 0 Å². The lowest BCUT2D eigenvalue weighted by atomic mass is 10.2. The van der Waals surface area contributed by atoms with Crippen molar-refractivity contribution >= 4 is 11.7 Å². The molecule has 4 heteroatoms. The Balaban J connectivity index is 2.11. The van der Waals surface area contributed by atoms with Crippen molar-refractivity contribution < 1.29 is 9.53 Å². The van der Waals surface area contributed by atoms with Gasteiger partial charge in [0.25, 0.3) is 5.91 Å². The van der Waals surface area contributed by atoms with E-state index >= 15 is 0 Å². The number of allylic oxidation sites excluding steroid dienone is 1. The third kappa shape index (κ3) is 2.21. The largest absolute Gasteiger partial charge is 0.497 e. The standard InChI is InChI=1S/C12H14N2O2/c1-8-3-5-13-11(7-8)14-12(15)10-4-6-16-9(10)2/h3,5,7H,4,6H2,1-2H3,(H,13,14,15). The number of hydrogen-bond acceptors (Lipinski definition) is 3. The van der Waals surface area contributed by atoms with E-state index in [1.807, 2.05) is 26.0 Å². The zero-order valence-electron chi connectivity index (χ0n) is 9.41. The molecule has 0 radical (unpaired) electrons. The van der Waals surface area contributed by atoms with Crippen molar-refractivity contribution in [1.29, 1.82) is 0 Å². The molecule has 0 aliphatic carbocycles. The molecule has 0 unspecified atom stereocenters. The van der Waals surface area contributed by atoms with Crippen LogP contribution in [0.15, 0.2) is 29.7 Å². The van der Waals surface area contributed by atoms with Gasteiger partial charge in [-0.2, -0.15) is 0 Å². The molecule has 84 valence electrons. The van der Waals surface area contributed by atoms with Gasteiger partial charge in [0.05, 0.1) is 12.2 Å². The summed E-state index contributed by atoms with van der Waals surface area (Å²) in [6, 6.07) is 3.72. The van der Waals surface area contributed by atoms with E-state index in [1.165, 1.54) is 0 Å². The van der Waals surface area contributed by atoms with Crippen molar-refractivity contribution in [2.75, 3.05) is 11.9 Å². The van der Waals surface area contributed by atoms with Gasteiger partial charge >= 0.3 is 0 Å². The second-order valence-corrected chi connectivity index (χ2v) is 3.81. The molecule has 0 saturated carbocycles. The fraction of sp³-hybridized carbons (Fsp3) is 0.333. The minimum Gasteiger partial charge on any atom is -0.497 e. The van der Waals surface area contributed by atoms with Crippen molar-refractivity contribution in [2.24, 2.45) is 0 Å². The Kier molecular flexibility index (Phi) is 2.90. The maximum absolute atomic E-state index is 11.8. The molecule has 1 aliphatic rings. The summed E-state index contributed by atoms with van der Waals surface area (Å²) < 4.78 is 5.25. The normalized spacial score (nSPS) is 14.9. The fourth-order valence-corrected chi connectivity index (χ4v) is 1.64. The van der Waals surface area contributed by atoms with Gasteiger partial charge in [0.15, 0.2) is 0 Å². The van der Waals surface area contributed by atoms with Gasteiger partial charge in [-0.25, -0.2) is 4.98 Å². The molecule has 1 amide bonds. The lowest BCUT2D eigenvalue weighted by Gasteiger charge is -2.05. The highest BCUT2D eigenvalue weighted by Crippen LogP contribution is 2.19. The predicted octanol–water partition coefficient (Wildman–Crippen LogP) is 2.02. The van der Waals surface area contributed by atoms with Crippen LogP contribution in [-0.4, -0.2) is 17.5 Å². The summed E-state index contributed by atoms with van der Waals surface area (Å²) in [5.41, 5.74) is 1.78. The summed E-state index contributed by atoms with van der Waals surface area (Å²) in [7, 11) is 0. The third-order valence-corrected chi connectivity index (χ3v) is 2.53. The molecule has 0 fully saturated rings. The van der Waals surface area contributed by atoms with E-state index in [-0.39, 0.29) is 5.91 Å². The molecule has 1 aromatic rings. The molecule has 1 aromatic heterocycles. The van der Waals surface area contributed by atoms with Crippen LogP contribution in [0.2, 0.25) is 0 Å². The summed E-state index contributed by atoms with van der Waals surface area (Å²) in [5.74, 6) is 1.18. The van der Waals surface area contributed by atoms with Gasteiger partial charge in [-0.05, 0) is 31.5 Å². The number of nitrogens with zero attached hydrogens (tertiary/aromatic N) is 1. The van der Waals surface area contributed by atoms with E-state index in [0.717, 1.165) is 5.56 Å². The van der Waals surface area contributed by atoms with Gasteiger partial charge in [0, 0.05) is 12.6 Å². The summed E-state index contributed by atoms with van der Waals surface area (Å²) >= 11 is 0. The van der Waals surface area contributed by atoms with Crippen LogP contribution < -0.4 is 5.32 Å². The summed E-state index contributed by atoms with van der Waals surface area (Å²) in [6.07, 6.45) is 2.35. The molecule has 0 aromatic carbocycles. The molecule has 2 rings (SSSR count). The Bertz CT molecular complexity index is 452. The van der Waals surface area contributed by atoms with Crippen LogP contribution in [-0.2, 0) is 9.53 Å². The number of aryl methyl sites for hydroxylation is 1. The molecular formula is C12H14N2O2. The fourth-order valence-electron chi connectivity index (χ4n) is 1.64. The molecule has 1 aliphatic heterocycles. The lowest BCUT2D eigenvalue weighted by Crippen LogP contribution is -2.15. The molecule has 0 spiro atoms. The molecular weight excluding hydrogens is 204 g/mol. The highest BCUT2D eigenvalue weighted by molar-refractivity contribution is 6.03. The lowest BCUT2D eigenvalue weighted by molar-refractivity contribution is -0.113. The van der Waals surface area contributed by atoms with Gasteiger partial charge in [0.2, 0.25) is 0 Å². The minimum atomic E-state index is -0.117. The number of carbonyl (C=O) groups is 1. The van der Waals surface area contributed by atoms with E-state index in [1.54, 1.807) is 6.20 Å². The van der Waals surface area contributed by atoms with Crippen LogP contribution in [0, 0.1) is 6.92 Å². The predicted molar refractivity (Wildman–Crippen MR) is 60.9 cm³/mol. The van der Waals surface area contributed by atoms with Crippen LogP contribution >= 0.6 is 0 Å². The molecule has 16 heavy (non-hydrogen) atoms. The van der Waals surface area contributed by atoms with Crippen LogP contribution in [0.1, 0.15) is 18.9 Å². The third-order valence-electron chi connectivity index (χ3n) is 2.53. The molecule has 2 heterocycles. The van der Waals surface area contributed by atoms with Gasteiger partial charge in [0.1, 0.15) is 11.6 Å². The Morgan fingerprint density at radius 3 is 2.94 bits per heavy atom. The summed E-state index contributed by atoms with van der Waals surface area (Å²) in [6.45, 7) is 4.36. The zero-order valence-corrected chi connectivity index (χ0v) is 9.41. The average molecular weight is 218 g/mol. The van der Waals surface area contributed by atoms with Crippen LogP contribution in [0.3, 0.4) is 0 Å². The summed E-state index contributed by atoms with van der Waals surface area (Å²) in [5, 5.41) is 2.77. The number of ether oxygens (including phenoxy) is 1. The number of rotatable bonds is 2. The number of anilines is 1. The SMILES string of the molecule is CC1=C(C(=O)Nc2cc(C)ccn2)CCO1. The topological polar surface area (TPSA) is 51.2 Å². The van der Waals surface area contributed by atoms with Crippen molar-refractivity contribution in [1.82, 2.24) is 4.98 Å². The maximum Gasteiger partial charge on any atom is 0.256 e. The Morgan fingerprint density at radius 2 is 2.31 bits per heavy atom. The first-order chi connectivity index (χ1) is 7.66. The maximum atomic E-state index is 11.8. The van der Waals surface area contributed by atoms with Crippen LogP contribution in [0.5, 0.6) is 0 Å². The van der Waals surface area contributed by atoms with E-state index in [2.05, 4.69) is 10.3 Å². The second kappa shape index (κ2) is 4.35. The van der Waals surface area contributed by atoms with E-state index in [0.29, 0.717) is 30.2 Å². The molecule has 0 bridgehead atoms. The molecule has 0 saturated heterocycles. The number of amides is 1. The van der Waals surface area contributed by atoms with Crippen molar-refractivity contribution in [3.8, 4) is 0 Å². The van der Waals surface area contributed by atoms with Crippen molar-refractivity contribution in [3.63, 3.8) is 0 Å². The van der Waals surface area contributed by atoms with Crippen LogP contribution in [0.4, 0.5) is 5.82 Å². The van der Waals surface area contributed by atoms with E-state index in [4.69, 9.17) is 4.74 Å². The van der Waals surface area contributed by atoms with E-state index < -0.39 is 0 Å². The molecule has 0 atom stereocenters. The van der Waals surface area contributed by atoms with Crippen molar-refractivity contribution in [3.05, 3.63) is 35.2 Å². The highest BCUT2D eigenvalue weighted by atomic mass is 16.5. The number of pyridine rings is 1. The zero-order chi connectivity index (χ0) is 11.5. The first-order valence-corrected chi connectivity index (χ1v) is 5.23. The highest BCUT2D eigenvalue weighted by Gasteiger charge is 2.19. The monoisotopic (exact) mass is 218 g/mol. The second-order valence-electron chi connectivity index (χ2n) is 3.81. The quantitative estimate of drug-likeness (QED) is 0.826. The van der Waals surface area contributed by atoms with Gasteiger partial charge < -0.3 is 10.1 Å². The first kappa shape index (κ1) is 10.7. The van der Waals surface area contributed by atoms with Crippen LogP contribution in [0.25, 0.3) is 0 Å². The molecule has 1 N–H and O–H groups in total. The number of nitrogens with one attached hydrogen (secondary N) is 1. The smallest absolute Gasteiger partial charge is 0.256 e. The first-order valence-electron chi connectivity index (χ1n) is 5.23. The van der Waals surface area contributed by atoms with Crippen molar-refractivity contribution in [2.45, 2.75) is 20.3 Å². The summed E-state index contributed by atoms with van der Waals surface area (Å²) in [4.78, 5) is 15.9. The Morgan fingerprint density at radius 1 is 1.50 bits per heavy atom. The average Bonchev–Trinajstić information content (AvgIpc) is 2.64. The number of carbonyl (C=O) groups excluding carboxylic acids is 1. The van der Waals surface area contributed by atoms with Gasteiger partial charge in [-0.15, -0.1) is 0 Å². The minimum absolute atomic E-state index is 0.117. The Labute approximate surface area is 94.3 Å².